The van der Waals surface area contributed by atoms with E-state index in [2.05, 4.69) is 9.97 Å². The maximum absolute atomic E-state index is 11.7. The maximum atomic E-state index is 11.7. The smallest absolute Gasteiger partial charge is 0.357 e. The predicted octanol–water partition coefficient (Wildman–Crippen LogP) is 1.81. The fourth-order valence-corrected chi connectivity index (χ4v) is 1.70. The van der Waals surface area contributed by atoms with Crippen molar-refractivity contribution >= 4 is 17.6 Å². The van der Waals surface area contributed by atoms with Crippen LogP contribution in [0.5, 0.6) is 0 Å². The van der Waals surface area contributed by atoms with E-state index in [-0.39, 0.29) is 23.9 Å². The number of ether oxygens (including phenoxy) is 1. The number of benzene rings is 1. The third kappa shape index (κ3) is 3.30. The van der Waals surface area contributed by atoms with E-state index in [1.54, 1.807) is 13.0 Å². The molecule has 0 saturated carbocycles. The van der Waals surface area contributed by atoms with Gasteiger partial charge in [-0.1, -0.05) is 12.1 Å². The van der Waals surface area contributed by atoms with Crippen LogP contribution < -0.4 is 5.73 Å². The van der Waals surface area contributed by atoms with E-state index in [1.165, 1.54) is 24.3 Å². The van der Waals surface area contributed by atoms with E-state index in [9.17, 15) is 14.9 Å². The maximum Gasteiger partial charge on any atom is 0.357 e. The molecule has 2 rings (SSSR count). The van der Waals surface area contributed by atoms with Gasteiger partial charge in [0, 0.05) is 17.7 Å². The molecule has 0 aliphatic rings. The summed E-state index contributed by atoms with van der Waals surface area (Å²) in [5, 5.41) is 10.8. The molecular formula is C13H12N4O4. The average Bonchev–Trinajstić information content (AvgIpc) is 2.47. The summed E-state index contributed by atoms with van der Waals surface area (Å²) in [6, 6.07) is 7.24. The van der Waals surface area contributed by atoms with Gasteiger partial charge in [-0.2, -0.15) is 0 Å². The Hall–Kier alpha value is -3.03. The van der Waals surface area contributed by atoms with Crippen LogP contribution in [0.25, 0.3) is 11.3 Å². The zero-order chi connectivity index (χ0) is 15.4. The molecule has 108 valence electrons. The lowest BCUT2D eigenvalue weighted by molar-refractivity contribution is -0.384. The van der Waals surface area contributed by atoms with Crippen LogP contribution in [0.3, 0.4) is 0 Å². The van der Waals surface area contributed by atoms with Crippen molar-refractivity contribution in [3.63, 3.8) is 0 Å². The fourth-order valence-electron chi connectivity index (χ4n) is 1.70. The quantitative estimate of drug-likeness (QED) is 0.517. The van der Waals surface area contributed by atoms with Gasteiger partial charge in [0.05, 0.1) is 17.2 Å². The van der Waals surface area contributed by atoms with Crippen LogP contribution in [0, 0.1) is 10.1 Å². The molecule has 1 aromatic carbocycles. The summed E-state index contributed by atoms with van der Waals surface area (Å²) < 4.78 is 4.84. The molecule has 0 aliphatic heterocycles. The number of nitrogen functional groups attached to an aromatic ring is 1. The second-order valence-electron chi connectivity index (χ2n) is 4.02. The molecule has 0 amide bonds. The van der Waals surface area contributed by atoms with Gasteiger partial charge in [0.15, 0.2) is 5.69 Å². The Balaban J connectivity index is 2.46. The topological polar surface area (TPSA) is 121 Å². The minimum absolute atomic E-state index is 0.00542. The normalized spacial score (nSPS) is 10.1. The minimum atomic E-state index is -0.627. The van der Waals surface area contributed by atoms with Crippen LogP contribution in [-0.2, 0) is 4.74 Å². The summed E-state index contributed by atoms with van der Waals surface area (Å²) in [7, 11) is 0. The number of carbonyl (C=O) groups excluding carboxylic acids is 1. The Bertz CT molecular complexity index is 702. The second kappa shape index (κ2) is 5.95. The van der Waals surface area contributed by atoms with Crippen molar-refractivity contribution in [1.82, 2.24) is 9.97 Å². The number of aromatic nitrogens is 2. The highest BCUT2D eigenvalue weighted by Crippen LogP contribution is 2.23. The van der Waals surface area contributed by atoms with Gasteiger partial charge in [0.1, 0.15) is 0 Å². The van der Waals surface area contributed by atoms with Crippen LogP contribution in [-0.4, -0.2) is 27.5 Å². The molecule has 0 spiro atoms. The van der Waals surface area contributed by atoms with Gasteiger partial charge in [-0.05, 0) is 13.0 Å². The Morgan fingerprint density at radius 1 is 1.38 bits per heavy atom. The van der Waals surface area contributed by atoms with Gasteiger partial charge in [-0.25, -0.2) is 14.8 Å². The summed E-state index contributed by atoms with van der Waals surface area (Å²) in [5.41, 5.74) is 6.26. The Morgan fingerprint density at radius 2 is 2.14 bits per heavy atom. The lowest BCUT2D eigenvalue weighted by Crippen LogP contribution is -2.10. The van der Waals surface area contributed by atoms with Crippen molar-refractivity contribution in [2.45, 2.75) is 6.92 Å². The molecule has 0 radical (unpaired) electrons. The first-order valence-electron chi connectivity index (χ1n) is 6.07. The van der Waals surface area contributed by atoms with Crippen molar-refractivity contribution < 1.29 is 14.5 Å². The lowest BCUT2D eigenvalue weighted by Gasteiger charge is -2.05. The van der Waals surface area contributed by atoms with Crippen molar-refractivity contribution in [3.05, 3.63) is 46.1 Å². The Morgan fingerprint density at radius 3 is 2.81 bits per heavy atom. The average molecular weight is 288 g/mol. The molecule has 2 aromatic rings. The molecule has 2 N–H and O–H groups in total. The number of esters is 1. The highest BCUT2D eigenvalue weighted by molar-refractivity contribution is 5.89. The van der Waals surface area contributed by atoms with Gasteiger partial charge < -0.3 is 10.5 Å². The number of non-ortho nitro benzene ring substituents is 1. The van der Waals surface area contributed by atoms with E-state index in [0.29, 0.717) is 11.3 Å². The van der Waals surface area contributed by atoms with E-state index in [0.717, 1.165) is 0 Å². The number of nitrogens with two attached hydrogens (primary N) is 1. The standard InChI is InChI=1S/C13H12N4O4/c1-2-21-12(18)11-7-10(15-13(14)16-11)8-4-3-5-9(6-8)17(19)20/h3-7H,2H2,1H3,(H2,14,15,16). The first-order chi connectivity index (χ1) is 10.0. The lowest BCUT2D eigenvalue weighted by atomic mass is 10.1. The number of nitro benzene ring substituents is 1. The molecule has 0 atom stereocenters. The van der Waals surface area contributed by atoms with Crippen LogP contribution in [0.2, 0.25) is 0 Å². The zero-order valence-corrected chi connectivity index (χ0v) is 11.1. The molecular weight excluding hydrogens is 276 g/mol. The number of rotatable bonds is 4. The van der Waals surface area contributed by atoms with Crippen LogP contribution >= 0.6 is 0 Å². The van der Waals surface area contributed by atoms with Gasteiger partial charge >= 0.3 is 5.97 Å². The van der Waals surface area contributed by atoms with E-state index < -0.39 is 10.9 Å². The SMILES string of the molecule is CCOC(=O)c1cc(-c2cccc([N+](=O)[O-])c2)nc(N)n1. The number of anilines is 1. The second-order valence-corrected chi connectivity index (χ2v) is 4.02. The van der Waals surface area contributed by atoms with Gasteiger partial charge in [-0.3, -0.25) is 10.1 Å². The first-order valence-corrected chi connectivity index (χ1v) is 6.07. The van der Waals surface area contributed by atoms with Gasteiger partial charge in [0.25, 0.3) is 5.69 Å². The van der Waals surface area contributed by atoms with E-state index in [4.69, 9.17) is 10.5 Å². The summed E-state index contributed by atoms with van der Waals surface area (Å²) in [4.78, 5) is 29.7. The van der Waals surface area contributed by atoms with Crippen LogP contribution in [0.1, 0.15) is 17.4 Å². The number of nitrogens with zero attached hydrogens (tertiary/aromatic N) is 3. The molecule has 0 unspecified atom stereocenters. The first kappa shape index (κ1) is 14.4. The van der Waals surface area contributed by atoms with Crippen molar-refractivity contribution in [2.24, 2.45) is 0 Å². The van der Waals surface area contributed by atoms with Crippen LogP contribution in [0.15, 0.2) is 30.3 Å². The summed E-state index contributed by atoms with van der Waals surface area (Å²) in [6.45, 7) is 1.87. The summed E-state index contributed by atoms with van der Waals surface area (Å²) >= 11 is 0. The predicted molar refractivity (Wildman–Crippen MR) is 74.5 cm³/mol. The number of hydrogen-bond donors (Lipinski definition) is 1. The van der Waals surface area contributed by atoms with Crippen LogP contribution in [0.4, 0.5) is 11.6 Å². The monoisotopic (exact) mass is 288 g/mol. The molecule has 21 heavy (non-hydrogen) atoms. The number of nitro groups is 1. The molecule has 1 heterocycles. The Kier molecular flexibility index (Phi) is 4.07. The largest absolute Gasteiger partial charge is 0.461 e. The summed E-state index contributed by atoms with van der Waals surface area (Å²) in [6.07, 6.45) is 0. The third-order valence-electron chi connectivity index (χ3n) is 2.58. The molecule has 8 nitrogen and oxygen atoms in total. The fraction of sp³-hybridized carbons (Fsp3) is 0.154. The number of carbonyl (C=O) groups is 1. The van der Waals surface area contributed by atoms with E-state index >= 15 is 0 Å². The third-order valence-corrected chi connectivity index (χ3v) is 2.58. The zero-order valence-electron chi connectivity index (χ0n) is 11.1. The number of hydrogen-bond acceptors (Lipinski definition) is 7. The summed E-state index contributed by atoms with van der Waals surface area (Å²) in [5.74, 6) is -0.736. The van der Waals surface area contributed by atoms with E-state index in [1.807, 2.05) is 0 Å². The van der Waals surface area contributed by atoms with Crippen molar-refractivity contribution in [3.8, 4) is 11.3 Å². The van der Waals surface area contributed by atoms with Crippen molar-refractivity contribution in [2.75, 3.05) is 12.3 Å². The van der Waals surface area contributed by atoms with Gasteiger partial charge in [-0.15, -0.1) is 0 Å². The molecule has 8 heteroatoms. The molecule has 0 aliphatic carbocycles. The molecule has 1 aromatic heterocycles. The Labute approximate surface area is 119 Å². The molecule has 0 fully saturated rings. The highest BCUT2D eigenvalue weighted by atomic mass is 16.6. The minimum Gasteiger partial charge on any atom is -0.461 e. The molecule has 0 bridgehead atoms. The molecule has 0 saturated heterocycles. The van der Waals surface area contributed by atoms with Crippen molar-refractivity contribution in [1.29, 1.82) is 0 Å². The van der Waals surface area contributed by atoms with Gasteiger partial charge in [0.2, 0.25) is 5.95 Å². The highest BCUT2D eigenvalue weighted by Gasteiger charge is 2.14.